The molecule has 0 bridgehead atoms. The zero-order chi connectivity index (χ0) is 10.9. The van der Waals surface area contributed by atoms with E-state index in [0.29, 0.717) is 6.10 Å². The lowest BCUT2D eigenvalue weighted by Gasteiger charge is -2.43. The first kappa shape index (κ1) is 11.0. The van der Waals surface area contributed by atoms with E-state index in [0.717, 1.165) is 19.3 Å². The Labute approximate surface area is 91.8 Å². The molecular weight excluding hydrogens is 190 g/mol. The van der Waals surface area contributed by atoms with Crippen LogP contribution in [-0.4, -0.2) is 24.0 Å². The van der Waals surface area contributed by atoms with Crippen LogP contribution in [0.3, 0.4) is 0 Å². The van der Waals surface area contributed by atoms with E-state index in [-0.39, 0.29) is 17.9 Å². The minimum Gasteiger partial charge on any atom is -0.494 e. The second-order valence-electron chi connectivity index (χ2n) is 5.22. The molecule has 1 N–H and O–H groups in total. The number of ether oxygens (including phenoxy) is 2. The molecule has 2 rings (SSSR count). The summed E-state index contributed by atoms with van der Waals surface area (Å²) < 4.78 is 11.5. The highest BCUT2D eigenvalue weighted by molar-refractivity contribution is 4.92. The molecule has 2 aliphatic heterocycles. The topological polar surface area (TPSA) is 30.5 Å². The van der Waals surface area contributed by atoms with Crippen molar-refractivity contribution >= 4 is 0 Å². The standard InChI is InChI=1S/C12H21NO2/c1-9-8-12(2,3)13-11(15-9)10-6-4-5-7-14-10/h5,7,9-11,13H,4,6,8H2,1-3H3/t9-,10+,11+/m1/s1. The van der Waals surface area contributed by atoms with E-state index in [2.05, 4.69) is 32.2 Å². The number of hydrogen-bond donors (Lipinski definition) is 1. The Bertz CT molecular complexity index is 250. The lowest BCUT2D eigenvalue weighted by molar-refractivity contribution is -0.142. The second-order valence-corrected chi connectivity index (χ2v) is 5.22. The summed E-state index contributed by atoms with van der Waals surface area (Å²) in [6.45, 7) is 6.57. The minimum absolute atomic E-state index is 0.0358. The predicted molar refractivity (Wildman–Crippen MR) is 59.4 cm³/mol. The summed E-state index contributed by atoms with van der Waals surface area (Å²) in [7, 11) is 0. The largest absolute Gasteiger partial charge is 0.494 e. The molecule has 2 aliphatic rings. The van der Waals surface area contributed by atoms with E-state index in [9.17, 15) is 0 Å². The molecule has 0 saturated carbocycles. The Morgan fingerprint density at radius 1 is 1.40 bits per heavy atom. The lowest BCUT2D eigenvalue weighted by Crippen LogP contribution is -2.59. The molecule has 3 nitrogen and oxygen atoms in total. The summed E-state index contributed by atoms with van der Waals surface area (Å²) in [6.07, 6.45) is 7.54. The zero-order valence-corrected chi connectivity index (χ0v) is 9.82. The first-order valence-electron chi connectivity index (χ1n) is 5.80. The zero-order valence-electron chi connectivity index (χ0n) is 9.82. The third-order valence-electron chi connectivity index (χ3n) is 3.01. The van der Waals surface area contributed by atoms with Crippen molar-refractivity contribution in [1.29, 1.82) is 0 Å². The molecule has 86 valence electrons. The number of nitrogens with one attached hydrogen (secondary N) is 1. The highest BCUT2D eigenvalue weighted by atomic mass is 16.6. The van der Waals surface area contributed by atoms with Gasteiger partial charge in [-0.05, 0) is 46.1 Å². The molecule has 0 amide bonds. The van der Waals surface area contributed by atoms with E-state index in [1.54, 1.807) is 6.26 Å². The van der Waals surface area contributed by atoms with Gasteiger partial charge in [-0.1, -0.05) is 0 Å². The summed E-state index contributed by atoms with van der Waals surface area (Å²) in [5, 5.41) is 3.51. The van der Waals surface area contributed by atoms with E-state index in [1.807, 2.05) is 0 Å². The highest BCUT2D eigenvalue weighted by Gasteiger charge is 2.36. The van der Waals surface area contributed by atoms with Crippen molar-refractivity contribution in [1.82, 2.24) is 5.32 Å². The molecule has 0 aromatic rings. The third kappa shape index (κ3) is 2.73. The highest BCUT2D eigenvalue weighted by Crippen LogP contribution is 2.26. The Kier molecular flexibility index (Phi) is 3.03. The Balaban J connectivity index is 1.99. The molecule has 3 atom stereocenters. The molecule has 15 heavy (non-hydrogen) atoms. The quantitative estimate of drug-likeness (QED) is 0.721. The van der Waals surface area contributed by atoms with Crippen molar-refractivity contribution in [2.75, 3.05) is 0 Å². The molecule has 3 heteroatoms. The molecule has 2 heterocycles. The third-order valence-corrected chi connectivity index (χ3v) is 3.01. The summed E-state index contributed by atoms with van der Waals surface area (Å²) in [5.41, 5.74) is 0.146. The smallest absolute Gasteiger partial charge is 0.146 e. The average Bonchev–Trinajstić information content (AvgIpc) is 2.16. The SMILES string of the molecule is C[C@@H]1CC(C)(C)N[C@H]([C@@H]2CCC=CO2)O1. The van der Waals surface area contributed by atoms with Crippen molar-refractivity contribution in [2.45, 2.75) is 64.0 Å². The molecule has 0 radical (unpaired) electrons. The van der Waals surface area contributed by atoms with E-state index < -0.39 is 0 Å². The summed E-state index contributed by atoms with van der Waals surface area (Å²) >= 11 is 0. The van der Waals surface area contributed by atoms with Crippen molar-refractivity contribution in [3.63, 3.8) is 0 Å². The van der Waals surface area contributed by atoms with E-state index in [1.165, 1.54) is 0 Å². The van der Waals surface area contributed by atoms with Gasteiger partial charge in [-0.15, -0.1) is 0 Å². The van der Waals surface area contributed by atoms with Crippen LogP contribution in [0.4, 0.5) is 0 Å². The first-order chi connectivity index (χ1) is 7.07. The molecule has 1 fully saturated rings. The fraction of sp³-hybridized carbons (Fsp3) is 0.833. The predicted octanol–water partition coefficient (Wildman–Crippen LogP) is 2.18. The van der Waals surface area contributed by atoms with Crippen molar-refractivity contribution in [3.05, 3.63) is 12.3 Å². The Morgan fingerprint density at radius 3 is 2.80 bits per heavy atom. The van der Waals surface area contributed by atoms with Crippen LogP contribution in [0.25, 0.3) is 0 Å². The van der Waals surface area contributed by atoms with Crippen molar-refractivity contribution < 1.29 is 9.47 Å². The molecule has 0 unspecified atom stereocenters. The maximum atomic E-state index is 5.89. The molecule has 1 saturated heterocycles. The van der Waals surface area contributed by atoms with Gasteiger partial charge in [0, 0.05) is 5.54 Å². The Morgan fingerprint density at radius 2 is 2.20 bits per heavy atom. The van der Waals surface area contributed by atoms with Gasteiger partial charge in [0.1, 0.15) is 12.3 Å². The van der Waals surface area contributed by atoms with Crippen LogP contribution in [0.15, 0.2) is 12.3 Å². The summed E-state index contributed by atoms with van der Waals surface area (Å²) in [6, 6.07) is 0. The van der Waals surface area contributed by atoms with Gasteiger partial charge in [-0.3, -0.25) is 5.32 Å². The molecule has 0 aliphatic carbocycles. The van der Waals surface area contributed by atoms with Crippen molar-refractivity contribution in [2.24, 2.45) is 0 Å². The monoisotopic (exact) mass is 211 g/mol. The lowest BCUT2D eigenvalue weighted by atomic mass is 9.94. The average molecular weight is 211 g/mol. The van der Waals surface area contributed by atoms with Crippen molar-refractivity contribution in [3.8, 4) is 0 Å². The van der Waals surface area contributed by atoms with Gasteiger partial charge in [-0.25, -0.2) is 0 Å². The molecule has 0 aromatic carbocycles. The number of hydrogen-bond acceptors (Lipinski definition) is 3. The van der Waals surface area contributed by atoms with E-state index in [4.69, 9.17) is 9.47 Å². The van der Waals surface area contributed by atoms with E-state index >= 15 is 0 Å². The maximum absolute atomic E-state index is 5.89. The minimum atomic E-state index is 0.0358. The first-order valence-corrected chi connectivity index (χ1v) is 5.80. The van der Waals surface area contributed by atoms with Crippen LogP contribution in [-0.2, 0) is 9.47 Å². The maximum Gasteiger partial charge on any atom is 0.146 e. The van der Waals surface area contributed by atoms with Crippen LogP contribution < -0.4 is 5.32 Å². The Hall–Kier alpha value is -0.540. The van der Waals surface area contributed by atoms with Gasteiger partial charge in [-0.2, -0.15) is 0 Å². The van der Waals surface area contributed by atoms with Gasteiger partial charge in [0.25, 0.3) is 0 Å². The molecule has 0 spiro atoms. The van der Waals surface area contributed by atoms with Crippen LogP contribution in [0.1, 0.15) is 40.0 Å². The molecule has 0 aromatic heterocycles. The fourth-order valence-corrected chi connectivity index (χ4v) is 2.45. The normalized spacial score (nSPS) is 39.8. The fourth-order valence-electron chi connectivity index (χ4n) is 2.45. The summed E-state index contributed by atoms with van der Waals surface area (Å²) in [5.74, 6) is 0. The van der Waals surface area contributed by atoms with Crippen LogP contribution in [0.2, 0.25) is 0 Å². The van der Waals surface area contributed by atoms with Crippen LogP contribution >= 0.6 is 0 Å². The van der Waals surface area contributed by atoms with Gasteiger partial charge in [0.2, 0.25) is 0 Å². The van der Waals surface area contributed by atoms with Crippen LogP contribution in [0.5, 0.6) is 0 Å². The molecular formula is C12H21NO2. The van der Waals surface area contributed by atoms with Gasteiger partial charge in [0.05, 0.1) is 12.4 Å². The number of rotatable bonds is 1. The summed E-state index contributed by atoms with van der Waals surface area (Å²) in [4.78, 5) is 0. The second kappa shape index (κ2) is 4.14. The van der Waals surface area contributed by atoms with Gasteiger partial charge < -0.3 is 9.47 Å². The van der Waals surface area contributed by atoms with Gasteiger partial charge in [0.15, 0.2) is 0 Å². The van der Waals surface area contributed by atoms with Crippen LogP contribution in [0, 0.1) is 0 Å². The number of allylic oxidation sites excluding steroid dienone is 1. The van der Waals surface area contributed by atoms with Gasteiger partial charge >= 0.3 is 0 Å².